The molecule has 9 nitrogen and oxygen atoms in total. The number of amides is 1. The lowest BCUT2D eigenvalue weighted by molar-refractivity contribution is 0.102. The fourth-order valence-electron chi connectivity index (χ4n) is 2.91. The molecule has 0 unspecified atom stereocenters. The first-order valence-electron chi connectivity index (χ1n) is 8.59. The van der Waals surface area contributed by atoms with Gasteiger partial charge in [-0.25, -0.2) is 9.97 Å². The van der Waals surface area contributed by atoms with Gasteiger partial charge in [0.05, 0.1) is 5.69 Å². The van der Waals surface area contributed by atoms with Gasteiger partial charge >= 0.3 is 0 Å². The first kappa shape index (κ1) is 19.0. The Balaban J connectivity index is 0.00000210. The largest absolute Gasteiger partial charge is 0.312 e. The van der Waals surface area contributed by atoms with Crippen LogP contribution in [0, 0.1) is 0 Å². The maximum Gasteiger partial charge on any atom is 0.277 e. The number of nitrogens with zero attached hydrogens (tertiary/aromatic N) is 5. The average molecular weight is 389 g/mol. The second-order valence-electron chi connectivity index (χ2n) is 6.48. The number of rotatable bonds is 4. The molecule has 0 saturated carbocycles. The van der Waals surface area contributed by atoms with Crippen LogP contribution in [0.2, 0.25) is 0 Å². The maximum absolute atomic E-state index is 12.8. The van der Waals surface area contributed by atoms with E-state index in [0.717, 1.165) is 29.9 Å². The minimum atomic E-state index is -0.279. The summed E-state index contributed by atoms with van der Waals surface area (Å²) < 4.78 is 1.55. The number of aromatic amines is 1. The molecule has 0 atom stereocenters. The Labute approximate surface area is 162 Å². The lowest BCUT2D eigenvalue weighted by Crippen LogP contribution is -2.25. The van der Waals surface area contributed by atoms with Crippen molar-refractivity contribution >= 4 is 24.1 Å². The molecule has 0 spiro atoms. The van der Waals surface area contributed by atoms with Crippen molar-refractivity contribution in [3.05, 3.63) is 47.2 Å². The number of hydrogen-bond donors (Lipinski definition) is 3. The molecule has 27 heavy (non-hydrogen) atoms. The fraction of sp³-hybridized carbons (Fsp3) is 0.353. The van der Waals surface area contributed by atoms with Crippen LogP contribution in [-0.2, 0) is 13.0 Å². The molecule has 1 aliphatic heterocycles. The minimum Gasteiger partial charge on any atom is -0.312 e. The van der Waals surface area contributed by atoms with Crippen molar-refractivity contribution in [3.8, 4) is 5.95 Å². The summed E-state index contributed by atoms with van der Waals surface area (Å²) in [6.45, 7) is 5.60. The number of carbonyl (C=O) groups excluding carboxylic acids is 1. The van der Waals surface area contributed by atoms with Crippen LogP contribution in [0.4, 0.5) is 5.82 Å². The molecule has 1 amide bonds. The number of fused-ring (bicyclic) bond motifs is 1. The third-order valence-corrected chi connectivity index (χ3v) is 4.32. The van der Waals surface area contributed by atoms with Crippen LogP contribution in [0.3, 0.4) is 0 Å². The Morgan fingerprint density at radius 1 is 1.30 bits per heavy atom. The maximum atomic E-state index is 12.8. The summed E-state index contributed by atoms with van der Waals surface area (Å²) in [7, 11) is 0. The highest BCUT2D eigenvalue weighted by Crippen LogP contribution is 2.22. The van der Waals surface area contributed by atoms with Gasteiger partial charge in [-0.2, -0.15) is 14.9 Å². The Morgan fingerprint density at radius 3 is 2.81 bits per heavy atom. The van der Waals surface area contributed by atoms with E-state index < -0.39 is 0 Å². The second kappa shape index (κ2) is 7.85. The number of H-pyrrole nitrogens is 1. The SMILES string of the molecule is CC(C)c1cc(NC(=O)c2n[nH]c3c2CNCC3)n(-c2ncccn2)n1.Cl. The summed E-state index contributed by atoms with van der Waals surface area (Å²) in [5.41, 5.74) is 3.18. The van der Waals surface area contributed by atoms with Crippen LogP contribution in [0.1, 0.15) is 47.2 Å². The summed E-state index contributed by atoms with van der Waals surface area (Å²) in [5, 5.41) is 17.9. The second-order valence-corrected chi connectivity index (χ2v) is 6.48. The topological polar surface area (TPSA) is 113 Å². The Kier molecular flexibility index (Phi) is 5.52. The van der Waals surface area contributed by atoms with E-state index in [1.165, 1.54) is 0 Å². The van der Waals surface area contributed by atoms with E-state index >= 15 is 0 Å². The molecule has 142 valence electrons. The lowest BCUT2D eigenvalue weighted by atomic mass is 10.1. The molecular formula is C17H21ClN8O. The summed E-state index contributed by atoms with van der Waals surface area (Å²) in [4.78, 5) is 21.3. The molecule has 0 radical (unpaired) electrons. The summed E-state index contributed by atoms with van der Waals surface area (Å²) >= 11 is 0. The van der Waals surface area contributed by atoms with Crippen LogP contribution < -0.4 is 10.6 Å². The Hall–Kier alpha value is -2.78. The van der Waals surface area contributed by atoms with E-state index in [9.17, 15) is 4.79 Å². The lowest BCUT2D eigenvalue weighted by Gasteiger charge is -2.13. The van der Waals surface area contributed by atoms with Crippen molar-refractivity contribution in [2.75, 3.05) is 11.9 Å². The Bertz CT molecular complexity index is 934. The van der Waals surface area contributed by atoms with Gasteiger partial charge in [-0.1, -0.05) is 13.8 Å². The van der Waals surface area contributed by atoms with Gasteiger partial charge < -0.3 is 10.6 Å². The van der Waals surface area contributed by atoms with Crippen LogP contribution in [-0.4, -0.2) is 42.4 Å². The zero-order valence-corrected chi connectivity index (χ0v) is 15.9. The minimum absolute atomic E-state index is 0. The summed E-state index contributed by atoms with van der Waals surface area (Å²) in [6.07, 6.45) is 4.11. The van der Waals surface area contributed by atoms with Gasteiger partial charge in [0.25, 0.3) is 11.9 Å². The molecule has 0 aliphatic carbocycles. The number of anilines is 1. The molecule has 10 heteroatoms. The number of halogens is 1. The van der Waals surface area contributed by atoms with Gasteiger partial charge in [0, 0.05) is 49.2 Å². The van der Waals surface area contributed by atoms with Gasteiger partial charge in [0.1, 0.15) is 5.82 Å². The molecule has 4 heterocycles. The molecule has 0 bridgehead atoms. The van der Waals surface area contributed by atoms with E-state index in [4.69, 9.17) is 0 Å². The highest BCUT2D eigenvalue weighted by atomic mass is 35.5. The average Bonchev–Trinajstić information content (AvgIpc) is 3.27. The summed E-state index contributed by atoms with van der Waals surface area (Å²) in [6, 6.07) is 3.58. The molecule has 3 aromatic rings. The third-order valence-electron chi connectivity index (χ3n) is 4.32. The van der Waals surface area contributed by atoms with Crippen molar-refractivity contribution in [2.24, 2.45) is 0 Å². The fourth-order valence-corrected chi connectivity index (χ4v) is 2.91. The normalized spacial score (nSPS) is 13.1. The molecular weight excluding hydrogens is 368 g/mol. The first-order valence-corrected chi connectivity index (χ1v) is 8.59. The molecule has 0 aromatic carbocycles. The van der Waals surface area contributed by atoms with E-state index in [-0.39, 0.29) is 24.2 Å². The highest BCUT2D eigenvalue weighted by Gasteiger charge is 2.23. The van der Waals surface area contributed by atoms with E-state index in [0.29, 0.717) is 24.0 Å². The molecule has 3 N–H and O–H groups in total. The first-order chi connectivity index (χ1) is 12.6. The van der Waals surface area contributed by atoms with Crippen molar-refractivity contribution in [1.82, 2.24) is 35.3 Å². The monoisotopic (exact) mass is 388 g/mol. The zero-order valence-electron chi connectivity index (χ0n) is 15.1. The van der Waals surface area contributed by atoms with Gasteiger partial charge in [-0.3, -0.25) is 9.89 Å². The Morgan fingerprint density at radius 2 is 2.07 bits per heavy atom. The molecule has 4 rings (SSSR count). The number of aromatic nitrogens is 6. The molecule has 3 aromatic heterocycles. The van der Waals surface area contributed by atoms with Gasteiger partial charge in [0.15, 0.2) is 5.69 Å². The van der Waals surface area contributed by atoms with Crippen molar-refractivity contribution in [1.29, 1.82) is 0 Å². The van der Waals surface area contributed by atoms with Gasteiger partial charge in [0.2, 0.25) is 0 Å². The number of hydrogen-bond acceptors (Lipinski definition) is 6. The van der Waals surface area contributed by atoms with Gasteiger partial charge in [-0.05, 0) is 12.0 Å². The van der Waals surface area contributed by atoms with Gasteiger partial charge in [-0.15, -0.1) is 12.4 Å². The quantitative estimate of drug-likeness (QED) is 0.628. The third kappa shape index (κ3) is 3.69. The van der Waals surface area contributed by atoms with E-state index in [2.05, 4.69) is 35.9 Å². The van der Waals surface area contributed by atoms with Crippen molar-refractivity contribution in [3.63, 3.8) is 0 Å². The van der Waals surface area contributed by atoms with E-state index in [1.54, 1.807) is 23.1 Å². The van der Waals surface area contributed by atoms with Crippen molar-refractivity contribution < 1.29 is 4.79 Å². The standard InChI is InChI=1S/C17H20N8O.ClH/c1-10(2)13-8-14(25(24-13)17-19-5-3-6-20-17)21-16(26)15-11-9-18-7-4-12(11)22-23-15;/h3,5-6,8,10,18H,4,7,9H2,1-2H3,(H,21,26)(H,22,23);1H. The predicted octanol–water partition coefficient (Wildman–Crippen LogP) is 1.83. The number of nitrogens with one attached hydrogen (secondary N) is 3. The zero-order chi connectivity index (χ0) is 18.1. The van der Waals surface area contributed by atoms with Crippen LogP contribution in [0.5, 0.6) is 0 Å². The predicted molar refractivity (Wildman–Crippen MR) is 102 cm³/mol. The van der Waals surface area contributed by atoms with E-state index in [1.807, 2.05) is 19.9 Å². The summed E-state index contributed by atoms with van der Waals surface area (Å²) in [5.74, 6) is 0.849. The van der Waals surface area contributed by atoms with Crippen LogP contribution in [0.15, 0.2) is 24.5 Å². The van der Waals surface area contributed by atoms with Crippen LogP contribution >= 0.6 is 12.4 Å². The van der Waals surface area contributed by atoms with Crippen LogP contribution in [0.25, 0.3) is 5.95 Å². The highest BCUT2D eigenvalue weighted by molar-refractivity contribution is 6.03. The molecule has 1 aliphatic rings. The van der Waals surface area contributed by atoms with Crippen molar-refractivity contribution in [2.45, 2.75) is 32.7 Å². The number of carbonyl (C=O) groups is 1. The smallest absolute Gasteiger partial charge is 0.277 e. The molecule has 0 fully saturated rings. The molecule has 0 saturated heterocycles.